The van der Waals surface area contributed by atoms with E-state index in [1.807, 2.05) is 27.7 Å². The molecule has 0 aromatic carbocycles. The summed E-state index contributed by atoms with van der Waals surface area (Å²) in [5.41, 5.74) is -0.702. The van der Waals surface area contributed by atoms with E-state index >= 15 is 0 Å². The summed E-state index contributed by atoms with van der Waals surface area (Å²) in [6, 6.07) is 0. The molecule has 17 heavy (non-hydrogen) atoms. The first-order valence-electron chi connectivity index (χ1n) is 6.51. The molecule has 2 heteroatoms. The number of ether oxygens (including phenoxy) is 1. The van der Waals surface area contributed by atoms with Crippen molar-refractivity contribution in [1.29, 1.82) is 0 Å². The zero-order valence-electron chi connectivity index (χ0n) is 13.1. The Morgan fingerprint density at radius 3 is 1.65 bits per heavy atom. The fourth-order valence-electron chi connectivity index (χ4n) is 2.01. The molecule has 0 N–H and O–H groups in total. The number of rotatable bonds is 3. The fraction of sp³-hybridized carbons (Fsp3) is 0.933. The standard InChI is InChI=1S/C15H30O2/c1-11(2)15(9,10-13(3,4)5)12(16)17-14(6,7)8/h11H,10H2,1-9H3. The first kappa shape index (κ1) is 16.5. The van der Waals surface area contributed by atoms with E-state index < -0.39 is 11.0 Å². The van der Waals surface area contributed by atoms with Gasteiger partial charge in [0.2, 0.25) is 0 Å². The molecule has 0 saturated heterocycles. The Labute approximate surface area is 107 Å². The third-order valence-electron chi connectivity index (χ3n) is 3.04. The van der Waals surface area contributed by atoms with Gasteiger partial charge < -0.3 is 4.74 Å². The van der Waals surface area contributed by atoms with Crippen molar-refractivity contribution in [3.8, 4) is 0 Å². The molecule has 0 aliphatic carbocycles. The molecule has 1 unspecified atom stereocenters. The summed E-state index contributed by atoms with van der Waals surface area (Å²) in [7, 11) is 0. The molecule has 2 nitrogen and oxygen atoms in total. The normalized spacial score (nSPS) is 16.8. The monoisotopic (exact) mass is 242 g/mol. The van der Waals surface area contributed by atoms with E-state index in [4.69, 9.17) is 4.74 Å². The van der Waals surface area contributed by atoms with Crippen molar-refractivity contribution in [3.63, 3.8) is 0 Å². The van der Waals surface area contributed by atoms with Gasteiger partial charge in [-0.2, -0.15) is 0 Å². The number of esters is 1. The van der Waals surface area contributed by atoms with Crippen LogP contribution in [-0.4, -0.2) is 11.6 Å². The molecular weight excluding hydrogens is 212 g/mol. The maximum absolute atomic E-state index is 12.4. The van der Waals surface area contributed by atoms with Crippen molar-refractivity contribution in [3.05, 3.63) is 0 Å². The van der Waals surface area contributed by atoms with Crippen LogP contribution in [0.25, 0.3) is 0 Å². The molecule has 0 rings (SSSR count). The van der Waals surface area contributed by atoms with Gasteiger partial charge in [-0.05, 0) is 45.4 Å². The number of carbonyl (C=O) groups excluding carboxylic acids is 1. The number of hydrogen-bond acceptors (Lipinski definition) is 2. The topological polar surface area (TPSA) is 26.3 Å². The number of carbonyl (C=O) groups is 1. The quantitative estimate of drug-likeness (QED) is 0.684. The van der Waals surface area contributed by atoms with Gasteiger partial charge >= 0.3 is 5.97 Å². The van der Waals surface area contributed by atoms with Gasteiger partial charge in [-0.25, -0.2) is 0 Å². The first-order valence-corrected chi connectivity index (χ1v) is 6.51. The van der Waals surface area contributed by atoms with Crippen LogP contribution in [0.15, 0.2) is 0 Å². The van der Waals surface area contributed by atoms with Gasteiger partial charge in [-0.1, -0.05) is 34.6 Å². The SMILES string of the molecule is CC(C)C(C)(CC(C)(C)C)C(=O)OC(C)(C)C. The van der Waals surface area contributed by atoms with Gasteiger partial charge in [-0.15, -0.1) is 0 Å². The molecule has 0 saturated carbocycles. The first-order chi connectivity index (χ1) is 7.28. The summed E-state index contributed by atoms with van der Waals surface area (Å²) >= 11 is 0. The van der Waals surface area contributed by atoms with Gasteiger partial charge in [-0.3, -0.25) is 4.79 Å². The smallest absolute Gasteiger partial charge is 0.312 e. The van der Waals surface area contributed by atoms with Gasteiger partial charge in [0, 0.05) is 0 Å². The van der Waals surface area contributed by atoms with E-state index in [9.17, 15) is 4.79 Å². The zero-order valence-corrected chi connectivity index (χ0v) is 13.1. The summed E-state index contributed by atoms with van der Waals surface area (Å²) in [6.07, 6.45) is 0.840. The second-order valence-electron chi connectivity index (χ2n) is 7.81. The second-order valence-corrected chi connectivity index (χ2v) is 7.81. The van der Waals surface area contributed by atoms with Crippen molar-refractivity contribution in [2.24, 2.45) is 16.7 Å². The largest absolute Gasteiger partial charge is 0.460 e. The lowest BCUT2D eigenvalue weighted by atomic mass is 9.68. The molecule has 0 aliphatic heterocycles. The molecule has 0 aromatic heterocycles. The van der Waals surface area contributed by atoms with E-state index in [2.05, 4.69) is 34.6 Å². The molecule has 0 fully saturated rings. The van der Waals surface area contributed by atoms with Gasteiger partial charge in [0.05, 0.1) is 5.41 Å². The zero-order chi connectivity index (χ0) is 14.1. The predicted molar refractivity (Wildman–Crippen MR) is 72.9 cm³/mol. The summed E-state index contributed by atoms with van der Waals surface area (Å²) in [4.78, 5) is 12.4. The van der Waals surface area contributed by atoms with Crippen LogP contribution in [0.3, 0.4) is 0 Å². The van der Waals surface area contributed by atoms with E-state index in [-0.39, 0.29) is 17.3 Å². The highest BCUT2D eigenvalue weighted by Crippen LogP contribution is 2.41. The average molecular weight is 242 g/mol. The van der Waals surface area contributed by atoms with E-state index in [1.165, 1.54) is 0 Å². The van der Waals surface area contributed by atoms with Crippen LogP contribution in [0.1, 0.15) is 68.7 Å². The van der Waals surface area contributed by atoms with Crippen LogP contribution in [0.5, 0.6) is 0 Å². The summed E-state index contributed by atoms with van der Waals surface area (Å²) < 4.78 is 5.57. The van der Waals surface area contributed by atoms with Crippen molar-refractivity contribution in [1.82, 2.24) is 0 Å². The van der Waals surface area contributed by atoms with Crippen molar-refractivity contribution < 1.29 is 9.53 Å². The minimum atomic E-state index is -0.412. The summed E-state index contributed by atoms with van der Waals surface area (Å²) in [6.45, 7) is 18.5. The van der Waals surface area contributed by atoms with Crippen LogP contribution < -0.4 is 0 Å². The Balaban J connectivity index is 5.03. The van der Waals surface area contributed by atoms with Crippen LogP contribution in [0, 0.1) is 16.7 Å². The molecule has 0 radical (unpaired) electrons. The Morgan fingerprint density at radius 2 is 1.41 bits per heavy atom. The molecule has 0 amide bonds. The second kappa shape index (κ2) is 4.99. The molecule has 0 heterocycles. The highest BCUT2D eigenvalue weighted by molar-refractivity contribution is 5.77. The van der Waals surface area contributed by atoms with Crippen molar-refractivity contribution in [2.45, 2.75) is 74.3 Å². The van der Waals surface area contributed by atoms with Crippen LogP contribution >= 0.6 is 0 Å². The van der Waals surface area contributed by atoms with Crippen LogP contribution in [0.2, 0.25) is 0 Å². The molecule has 0 bridgehead atoms. The predicted octanol–water partition coefficient (Wildman–Crippen LogP) is 4.43. The minimum absolute atomic E-state index is 0.0741. The number of hydrogen-bond donors (Lipinski definition) is 0. The Bertz CT molecular complexity index is 266. The average Bonchev–Trinajstić information content (AvgIpc) is 1.96. The lowest BCUT2D eigenvalue weighted by Gasteiger charge is -2.38. The fourth-order valence-corrected chi connectivity index (χ4v) is 2.01. The highest BCUT2D eigenvalue weighted by Gasteiger charge is 2.42. The van der Waals surface area contributed by atoms with E-state index in [1.54, 1.807) is 0 Å². The molecular formula is C15H30O2. The highest BCUT2D eigenvalue weighted by atomic mass is 16.6. The third kappa shape index (κ3) is 5.56. The third-order valence-corrected chi connectivity index (χ3v) is 3.04. The minimum Gasteiger partial charge on any atom is -0.460 e. The lowest BCUT2D eigenvalue weighted by Crippen LogP contribution is -2.41. The summed E-state index contributed by atoms with van der Waals surface area (Å²) in [5, 5.41) is 0. The Hall–Kier alpha value is -0.530. The molecule has 0 aromatic rings. The summed E-state index contributed by atoms with van der Waals surface area (Å²) in [5.74, 6) is 0.200. The Kier molecular flexibility index (Phi) is 4.84. The van der Waals surface area contributed by atoms with Crippen molar-refractivity contribution in [2.75, 3.05) is 0 Å². The molecule has 0 spiro atoms. The van der Waals surface area contributed by atoms with E-state index in [0.29, 0.717) is 0 Å². The van der Waals surface area contributed by atoms with Gasteiger partial charge in [0.1, 0.15) is 5.60 Å². The van der Waals surface area contributed by atoms with Crippen LogP contribution in [0.4, 0.5) is 0 Å². The van der Waals surface area contributed by atoms with Gasteiger partial charge in [0.15, 0.2) is 0 Å². The maximum Gasteiger partial charge on any atom is 0.312 e. The maximum atomic E-state index is 12.4. The lowest BCUT2D eigenvalue weighted by molar-refractivity contribution is -0.171. The molecule has 102 valence electrons. The molecule has 0 aliphatic rings. The Morgan fingerprint density at radius 1 is 1.00 bits per heavy atom. The van der Waals surface area contributed by atoms with Gasteiger partial charge in [0.25, 0.3) is 0 Å². The molecule has 1 atom stereocenters. The van der Waals surface area contributed by atoms with Crippen molar-refractivity contribution >= 4 is 5.97 Å². The van der Waals surface area contributed by atoms with Crippen LogP contribution in [-0.2, 0) is 9.53 Å². The van der Waals surface area contributed by atoms with E-state index in [0.717, 1.165) is 6.42 Å².